The number of hydrogen-bond donors (Lipinski definition) is 2. The van der Waals surface area contributed by atoms with Crippen molar-refractivity contribution in [2.24, 2.45) is 0 Å². The number of hydrogen-bond acceptors (Lipinski definition) is 2. The fraction of sp³-hybridized carbons (Fsp3) is 0.250. The molecule has 4 heteroatoms. The Hall–Kier alpha value is -1.42. The van der Waals surface area contributed by atoms with Gasteiger partial charge in [-0.3, -0.25) is 0 Å². The highest BCUT2D eigenvalue weighted by molar-refractivity contribution is 5.85. The van der Waals surface area contributed by atoms with Gasteiger partial charge < -0.3 is 10.4 Å². The first-order valence-electron chi connectivity index (χ1n) is 6.37. The molecule has 2 unspecified atom stereocenters. The molecule has 2 atom stereocenters. The maximum absolute atomic E-state index is 12.8. The summed E-state index contributed by atoms with van der Waals surface area (Å²) in [6.45, 7) is 2.53. The van der Waals surface area contributed by atoms with Crippen LogP contribution >= 0.6 is 12.4 Å². The molecule has 0 aliphatic heterocycles. The van der Waals surface area contributed by atoms with Crippen LogP contribution in [0.5, 0.6) is 0 Å². The zero-order valence-electron chi connectivity index (χ0n) is 11.3. The molecule has 2 N–H and O–H groups in total. The third kappa shape index (κ3) is 4.60. The lowest BCUT2D eigenvalue weighted by molar-refractivity contribution is 0.135. The quantitative estimate of drug-likeness (QED) is 0.885. The summed E-state index contributed by atoms with van der Waals surface area (Å²) in [6.07, 6.45) is -0.554. The van der Waals surface area contributed by atoms with Gasteiger partial charge in [0.2, 0.25) is 0 Å². The minimum absolute atomic E-state index is 0. The zero-order chi connectivity index (χ0) is 13.7. The Morgan fingerprint density at radius 2 is 1.65 bits per heavy atom. The van der Waals surface area contributed by atoms with Crippen molar-refractivity contribution in [1.29, 1.82) is 0 Å². The third-order valence-corrected chi connectivity index (χ3v) is 3.16. The molecule has 2 aromatic carbocycles. The smallest absolute Gasteiger partial charge is 0.123 e. The van der Waals surface area contributed by atoms with Crippen LogP contribution in [0.25, 0.3) is 0 Å². The maximum Gasteiger partial charge on any atom is 0.123 e. The highest BCUT2D eigenvalue weighted by atomic mass is 35.5. The Morgan fingerprint density at radius 1 is 1.05 bits per heavy atom. The van der Waals surface area contributed by atoms with Gasteiger partial charge in [-0.05, 0) is 30.2 Å². The molecule has 0 spiro atoms. The van der Waals surface area contributed by atoms with Crippen molar-refractivity contribution in [1.82, 2.24) is 5.32 Å². The lowest BCUT2D eigenvalue weighted by atomic mass is 10.0. The molecule has 2 nitrogen and oxygen atoms in total. The van der Waals surface area contributed by atoms with E-state index in [1.807, 2.05) is 37.3 Å². The third-order valence-electron chi connectivity index (χ3n) is 3.16. The Labute approximate surface area is 125 Å². The Bertz CT molecular complexity index is 504. The van der Waals surface area contributed by atoms with E-state index >= 15 is 0 Å². The van der Waals surface area contributed by atoms with E-state index in [9.17, 15) is 9.50 Å². The molecule has 0 saturated heterocycles. The second-order valence-electron chi connectivity index (χ2n) is 4.65. The maximum atomic E-state index is 12.8. The van der Waals surface area contributed by atoms with Crippen LogP contribution in [-0.4, -0.2) is 11.1 Å². The van der Waals surface area contributed by atoms with Gasteiger partial charge in [-0.25, -0.2) is 4.39 Å². The zero-order valence-corrected chi connectivity index (χ0v) is 12.1. The van der Waals surface area contributed by atoms with Gasteiger partial charge in [0.1, 0.15) is 5.82 Å². The number of benzene rings is 2. The molecule has 2 aromatic rings. The van der Waals surface area contributed by atoms with Crippen molar-refractivity contribution in [2.75, 3.05) is 0 Å². The highest BCUT2D eigenvalue weighted by Gasteiger charge is 2.15. The molecule has 2 rings (SSSR count). The van der Waals surface area contributed by atoms with Crippen LogP contribution in [0, 0.1) is 5.82 Å². The van der Waals surface area contributed by atoms with Crippen LogP contribution in [0.15, 0.2) is 54.6 Å². The number of rotatable bonds is 5. The van der Waals surface area contributed by atoms with E-state index in [1.165, 1.54) is 12.1 Å². The Balaban J connectivity index is 0.00000200. The number of aliphatic hydroxyl groups is 1. The van der Waals surface area contributed by atoms with Gasteiger partial charge in [0, 0.05) is 12.6 Å². The molecule has 0 amide bonds. The first kappa shape index (κ1) is 16.6. The molecule has 20 heavy (non-hydrogen) atoms. The van der Waals surface area contributed by atoms with Gasteiger partial charge in [-0.2, -0.15) is 0 Å². The van der Waals surface area contributed by atoms with Crippen molar-refractivity contribution in [3.8, 4) is 0 Å². The molecule has 108 valence electrons. The standard InChI is InChI=1S/C16H18FNO.ClH/c1-12(16(19)14-5-3-2-4-6-14)18-11-13-7-9-15(17)10-8-13;/h2-10,12,16,18-19H,11H2,1H3;1H. The van der Waals surface area contributed by atoms with E-state index < -0.39 is 6.10 Å². The van der Waals surface area contributed by atoms with Crippen LogP contribution in [0.3, 0.4) is 0 Å². The van der Waals surface area contributed by atoms with Crippen LogP contribution in [0.4, 0.5) is 4.39 Å². The van der Waals surface area contributed by atoms with Gasteiger partial charge >= 0.3 is 0 Å². The first-order chi connectivity index (χ1) is 9.16. The largest absolute Gasteiger partial charge is 0.387 e. The fourth-order valence-corrected chi connectivity index (χ4v) is 1.93. The number of halogens is 2. The topological polar surface area (TPSA) is 32.3 Å². The van der Waals surface area contributed by atoms with Crippen molar-refractivity contribution >= 4 is 12.4 Å². The van der Waals surface area contributed by atoms with Crippen molar-refractivity contribution < 1.29 is 9.50 Å². The Kier molecular flexibility index (Phi) is 6.65. The lowest BCUT2D eigenvalue weighted by Gasteiger charge is -2.20. The number of nitrogens with one attached hydrogen (secondary N) is 1. The van der Waals surface area contributed by atoms with Crippen LogP contribution in [-0.2, 0) is 6.54 Å². The molecule has 0 saturated carbocycles. The van der Waals surface area contributed by atoms with E-state index in [0.29, 0.717) is 6.54 Å². The average Bonchev–Trinajstić information content (AvgIpc) is 2.46. The van der Waals surface area contributed by atoms with E-state index in [4.69, 9.17) is 0 Å². The fourth-order valence-electron chi connectivity index (χ4n) is 1.93. The second-order valence-corrected chi connectivity index (χ2v) is 4.65. The van der Waals surface area contributed by atoms with Crippen LogP contribution < -0.4 is 5.32 Å². The SMILES string of the molecule is CC(NCc1ccc(F)cc1)C(O)c1ccccc1.Cl. The molecule has 0 bridgehead atoms. The summed E-state index contributed by atoms with van der Waals surface area (Å²) in [5.41, 5.74) is 1.88. The van der Waals surface area contributed by atoms with Crippen molar-refractivity contribution in [3.63, 3.8) is 0 Å². The predicted octanol–water partition coefficient (Wildman–Crippen LogP) is 3.46. The molecule has 0 aliphatic carbocycles. The molecule has 0 aliphatic rings. The van der Waals surface area contributed by atoms with Gasteiger partial charge in [-0.15, -0.1) is 12.4 Å². The number of aliphatic hydroxyl groups excluding tert-OH is 1. The van der Waals surface area contributed by atoms with Gasteiger partial charge in [-0.1, -0.05) is 42.5 Å². The molecular formula is C16H19ClFNO. The van der Waals surface area contributed by atoms with Crippen LogP contribution in [0.2, 0.25) is 0 Å². The van der Waals surface area contributed by atoms with Crippen molar-refractivity contribution in [2.45, 2.75) is 25.6 Å². The summed E-state index contributed by atoms with van der Waals surface area (Å²) in [5.74, 6) is -0.235. The van der Waals surface area contributed by atoms with E-state index in [2.05, 4.69) is 5.32 Å². The molecule has 0 aromatic heterocycles. The molecule has 0 fully saturated rings. The molecule has 0 heterocycles. The van der Waals surface area contributed by atoms with Gasteiger partial charge in [0.05, 0.1) is 6.10 Å². The minimum atomic E-state index is -0.554. The monoisotopic (exact) mass is 295 g/mol. The summed E-state index contributed by atoms with van der Waals surface area (Å²) >= 11 is 0. The van der Waals surface area contributed by atoms with E-state index in [0.717, 1.165) is 11.1 Å². The average molecular weight is 296 g/mol. The van der Waals surface area contributed by atoms with E-state index in [1.54, 1.807) is 12.1 Å². The van der Waals surface area contributed by atoms with Crippen LogP contribution in [0.1, 0.15) is 24.2 Å². The van der Waals surface area contributed by atoms with E-state index in [-0.39, 0.29) is 24.3 Å². The summed E-state index contributed by atoms with van der Waals surface area (Å²) in [6, 6.07) is 15.8. The first-order valence-corrected chi connectivity index (χ1v) is 6.37. The highest BCUT2D eigenvalue weighted by Crippen LogP contribution is 2.16. The van der Waals surface area contributed by atoms with Gasteiger partial charge in [0.15, 0.2) is 0 Å². The Morgan fingerprint density at radius 3 is 2.25 bits per heavy atom. The lowest BCUT2D eigenvalue weighted by Crippen LogP contribution is -2.31. The normalized spacial score (nSPS) is 13.3. The summed E-state index contributed by atoms with van der Waals surface area (Å²) in [5, 5.41) is 13.4. The second kappa shape index (κ2) is 8.00. The molecular weight excluding hydrogens is 277 g/mol. The van der Waals surface area contributed by atoms with Gasteiger partial charge in [0.25, 0.3) is 0 Å². The predicted molar refractivity (Wildman–Crippen MR) is 81.4 cm³/mol. The summed E-state index contributed by atoms with van der Waals surface area (Å²) in [7, 11) is 0. The minimum Gasteiger partial charge on any atom is -0.387 e. The summed E-state index contributed by atoms with van der Waals surface area (Å²) < 4.78 is 12.8. The molecule has 0 radical (unpaired) electrons. The van der Waals surface area contributed by atoms with Crippen molar-refractivity contribution in [3.05, 3.63) is 71.5 Å². The summed E-state index contributed by atoms with van der Waals surface area (Å²) in [4.78, 5) is 0.